The first-order valence-electron chi connectivity index (χ1n) is 6.19. The number of piperidine rings is 1. The fourth-order valence-electron chi connectivity index (χ4n) is 2.49. The zero-order chi connectivity index (χ0) is 13.2. The van der Waals surface area contributed by atoms with Crippen molar-refractivity contribution in [2.75, 3.05) is 13.1 Å². The fraction of sp³-hybridized carbons (Fsp3) is 0.583. The van der Waals surface area contributed by atoms with Crippen LogP contribution in [0.4, 0.5) is 0 Å². The smallest absolute Gasteiger partial charge is 0.244 e. The minimum absolute atomic E-state index is 0.107. The Morgan fingerprint density at radius 3 is 2.94 bits per heavy atom. The van der Waals surface area contributed by atoms with E-state index < -0.39 is 10.0 Å². The summed E-state index contributed by atoms with van der Waals surface area (Å²) in [5, 5.41) is 0. The molecule has 1 fully saturated rings. The van der Waals surface area contributed by atoms with Gasteiger partial charge in [0.1, 0.15) is 4.90 Å². The molecule has 0 radical (unpaired) electrons. The molecule has 5 nitrogen and oxygen atoms in total. The van der Waals surface area contributed by atoms with Crippen LogP contribution in [0.2, 0.25) is 0 Å². The number of rotatable bonds is 3. The molecule has 1 aliphatic heterocycles. The summed E-state index contributed by atoms with van der Waals surface area (Å²) in [6, 6.07) is 3.11. The zero-order valence-corrected chi connectivity index (χ0v) is 11.3. The molecule has 0 spiro atoms. The molecule has 0 aliphatic carbocycles. The van der Waals surface area contributed by atoms with Gasteiger partial charge in [0.25, 0.3) is 0 Å². The van der Waals surface area contributed by atoms with Crippen molar-refractivity contribution in [3.8, 4) is 0 Å². The Morgan fingerprint density at radius 2 is 2.33 bits per heavy atom. The molecule has 1 aliphatic rings. The second-order valence-corrected chi connectivity index (χ2v) is 6.62. The molecule has 6 heteroatoms. The first-order valence-corrected chi connectivity index (χ1v) is 7.63. The van der Waals surface area contributed by atoms with E-state index in [1.807, 2.05) is 0 Å². The molecular formula is C12H19N3O2S. The summed E-state index contributed by atoms with van der Waals surface area (Å²) in [7, 11) is -3.47. The summed E-state index contributed by atoms with van der Waals surface area (Å²) in [5.74, 6) is 0.301. The Balaban J connectivity index is 2.34. The highest BCUT2D eigenvalue weighted by Crippen LogP contribution is 2.28. The van der Waals surface area contributed by atoms with Crippen molar-refractivity contribution < 1.29 is 8.42 Å². The molecule has 18 heavy (non-hydrogen) atoms. The highest BCUT2D eigenvalue weighted by molar-refractivity contribution is 7.89. The number of sulfonamides is 1. The highest BCUT2D eigenvalue weighted by atomic mass is 32.2. The minimum Gasteiger partial charge on any atom is -0.329 e. The number of hydrogen-bond acceptors (Lipinski definition) is 4. The molecule has 2 rings (SSSR count). The van der Waals surface area contributed by atoms with Gasteiger partial charge in [0.15, 0.2) is 0 Å². The Morgan fingerprint density at radius 1 is 1.56 bits per heavy atom. The SMILES string of the molecule is C[C@H]1CCCN(S(=O)(=O)c2cccnc2)[C@@H]1CN. The molecule has 2 heterocycles. The Hall–Kier alpha value is -0.980. The Kier molecular flexibility index (Phi) is 3.99. The molecule has 0 unspecified atom stereocenters. The van der Waals surface area contributed by atoms with Crippen LogP contribution in [-0.4, -0.2) is 36.8 Å². The monoisotopic (exact) mass is 269 g/mol. The summed E-state index contributed by atoms with van der Waals surface area (Å²) in [6.45, 7) is 2.96. The Labute approximate surface area is 108 Å². The molecule has 0 aromatic carbocycles. The van der Waals surface area contributed by atoms with E-state index in [4.69, 9.17) is 5.73 Å². The van der Waals surface area contributed by atoms with Crippen LogP contribution in [-0.2, 0) is 10.0 Å². The predicted molar refractivity (Wildman–Crippen MR) is 69.4 cm³/mol. The van der Waals surface area contributed by atoms with Crippen LogP contribution in [0.25, 0.3) is 0 Å². The summed E-state index contributed by atoms with van der Waals surface area (Å²) in [6.07, 6.45) is 4.87. The first-order chi connectivity index (χ1) is 8.57. The molecule has 100 valence electrons. The van der Waals surface area contributed by atoms with Crippen LogP contribution in [0.5, 0.6) is 0 Å². The number of nitrogens with zero attached hydrogens (tertiary/aromatic N) is 2. The van der Waals surface area contributed by atoms with Crippen LogP contribution < -0.4 is 5.73 Å². The van der Waals surface area contributed by atoms with Gasteiger partial charge in [-0.3, -0.25) is 4.98 Å². The fourth-order valence-corrected chi connectivity index (χ4v) is 4.23. The van der Waals surface area contributed by atoms with Crippen LogP contribution in [0.3, 0.4) is 0 Å². The maximum Gasteiger partial charge on any atom is 0.244 e. The molecule has 0 saturated carbocycles. The van der Waals surface area contributed by atoms with E-state index in [9.17, 15) is 8.42 Å². The molecule has 2 N–H and O–H groups in total. The zero-order valence-electron chi connectivity index (χ0n) is 10.5. The van der Waals surface area contributed by atoms with E-state index in [0.29, 0.717) is 19.0 Å². The van der Waals surface area contributed by atoms with Crippen LogP contribution in [0.1, 0.15) is 19.8 Å². The standard InChI is InChI=1S/C12H19N3O2S/c1-10-4-3-7-15(12(10)8-13)18(16,17)11-5-2-6-14-9-11/h2,5-6,9-10,12H,3-4,7-8,13H2,1H3/t10-,12+/m0/s1. The minimum atomic E-state index is -3.47. The van der Waals surface area contributed by atoms with Gasteiger partial charge in [0.2, 0.25) is 10.0 Å². The lowest BCUT2D eigenvalue weighted by Gasteiger charge is -2.38. The summed E-state index contributed by atoms with van der Waals surface area (Å²) < 4.78 is 26.6. The van der Waals surface area contributed by atoms with Gasteiger partial charge in [-0.25, -0.2) is 8.42 Å². The molecule has 1 aromatic rings. The van der Waals surface area contributed by atoms with Gasteiger partial charge < -0.3 is 5.73 Å². The van der Waals surface area contributed by atoms with Gasteiger partial charge in [-0.1, -0.05) is 6.92 Å². The normalized spacial score (nSPS) is 26.1. The summed E-state index contributed by atoms with van der Waals surface area (Å²) >= 11 is 0. The molecule has 0 amide bonds. The lowest BCUT2D eigenvalue weighted by Crippen LogP contribution is -2.51. The number of hydrogen-bond donors (Lipinski definition) is 1. The van der Waals surface area contributed by atoms with Crippen LogP contribution in [0, 0.1) is 5.92 Å². The van der Waals surface area contributed by atoms with Crippen molar-refractivity contribution in [1.82, 2.24) is 9.29 Å². The van der Waals surface area contributed by atoms with Crippen molar-refractivity contribution in [3.05, 3.63) is 24.5 Å². The largest absolute Gasteiger partial charge is 0.329 e. The van der Waals surface area contributed by atoms with Crippen molar-refractivity contribution in [3.63, 3.8) is 0 Å². The molecule has 2 atom stereocenters. The molecule has 0 bridgehead atoms. The van der Waals surface area contributed by atoms with E-state index in [-0.39, 0.29) is 10.9 Å². The van der Waals surface area contributed by atoms with Gasteiger partial charge in [-0.2, -0.15) is 4.31 Å². The van der Waals surface area contributed by atoms with E-state index in [2.05, 4.69) is 11.9 Å². The molecule has 1 aromatic heterocycles. The van der Waals surface area contributed by atoms with Gasteiger partial charge in [-0.15, -0.1) is 0 Å². The van der Waals surface area contributed by atoms with E-state index >= 15 is 0 Å². The maximum atomic E-state index is 12.5. The van der Waals surface area contributed by atoms with Gasteiger partial charge >= 0.3 is 0 Å². The number of nitrogens with two attached hydrogens (primary N) is 1. The van der Waals surface area contributed by atoms with Gasteiger partial charge in [-0.05, 0) is 30.9 Å². The third-order valence-corrected chi connectivity index (χ3v) is 5.46. The number of pyridine rings is 1. The van der Waals surface area contributed by atoms with E-state index in [1.165, 1.54) is 10.5 Å². The van der Waals surface area contributed by atoms with Gasteiger partial charge in [0, 0.05) is 31.5 Å². The van der Waals surface area contributed by atoms with E-state index in [1.54, 1.807) is 18.3 Å². The first kappa shape index (κ1) is 13.5. The maximum absolute atomic E-state index is 12.5. The quantitative estimate of drug-likeness (QED) is 0.881. The van der Waals surface area contributed by atoms with Crippen molar-refractivity contribution in [2.24, 2.45) is 11.7 Å². The third-order valence-electron chi connectivity index (χ3n) is 3.55. The highest BCUT2D eigenvalue weighted by Gasteiger charge is 2.36. The predicted octanol–water partition coefficient (Wildman–Crippen LogP) is 0.830. The second kappa shape index (κ2) is 5.34. The third kappa shape index (κ3) is 2.41. The van der Waals surface area contributed by atoms with E-state index in [0.717, 1.165) is 12.8 Å². The average Bonchev–Trinajstić information content (AvgIpc) is 2.39. The lowest BCUT2D eigenvalue weighted by atomic mass is 9.93. The van der Waals surface area contributed by atoms with Gasteiger partial charge in [0.05, 0.1) is 0 Å². The van der Waals surface area contributed by atoms with Crippen molar-refractivity contribution in [2.45, 2.75) is 30.7 Å². The van der Waals surface area contributed by atoms with Crippen LogP contribution in [0.15, 0.2) is 29.4 Å². The van der Waals surface area contributed by atoms with Crippen LogP contribution >= 0.6 is 0 Å². The second-order valence-electron chi connectivity index (χ2n) is 4.73. The van der Waals surface area contributed by atoms with Crippen molar-refractivity contribution >= 4 is 10.0 Å². The molecule has 1 saturated heterocycles. The van der Waals surface area contributed by atoms with Crippen molar-refractivity contribution in [1.29, 1.82) is 0 Å². The summed E-state index contributed by atoms with van der Waals surface area (Å²) in [5.41, 5.74) is 5.74. The number of aromatic nitrogens is 1. The lowest BCUT2D eigenvalue weighted by molar-refractivity contribution is 0.192. The molecular weight excluding hydrogens is 250 g/mol. The Bertz CT molecular complexity index is 489. The average molecular weight is 269 g/mol. The topological polar surface area (TPSA) is 76.3 Å². The summed E-state index contributed by atoms with van der Waals surface area (Å²) in [4.78, 5) is 4.13.